The Kier molecular flexibility index (Phi) is 6.34. The van der Waals surface area contributed by atoms with Gasteiger partial charge in [0.05, 0.1) is 17.8 Å². The zero-order valence-electron chi connectivity index (χ0n) is 18.7. The first-order valence-corrected chi connectivity index (χ1v) is 12.8. The van der Waals surface area contributed by atoms with Crippen molar-refractivity contribution in [2.75, 3.05) is 46.9 Å². The van der Waals surface area contributed by atoms with Crippen LogP contribution in [0.3, 0.4) is 0 Å². The van der Waals surface area contributed by atoms with Crippen LogP contribution in [0.1, 0.15) is 39.0 Å². The van der Waals surface area contributed by atoms with Crippen molar-refractivity contribution in [2.24, 2.45) is 11.8 Å². The Labute approximate surface area is 184 Å². The molecule has 2 heterocycles. The van der Waals surface area contributed by atoms with Gasteiger partial charge >= 0.3 is 6.03 Å². The van der Waals surface area contributed by atoms with Gasteiger partial charge in [-0.1, -0.05) is 0 Å². The SMILES string of the molecule is COCCN1C(=O)N(CC2CNN(C)C2)C(=O)C2CC(S(=O)(=O)NC3(C)CC3)CCC21. The van der Waals surface area contributed by atoms with Gasteiger partial charge < -0.3 is 9.64 Å². The lowest BCUT2D eigenvalue weighted by atomic mass is 9.80. The third kappa shape index (κ3) is 4.75. The number of carbonyl (C=O) groups excluding carboxylic acids is 2. The van der Waals surface area contributed by atoms with Crippen molar-refractivity contribution in [2.45, 2.75) is 55.9 Å². The molecule has 0 aromatic heterocycles. The van der Waals surface area contributed by atoms with Crippen molar-refractivity contribution in [3.05, 3.63) is 0 Å². The summed E-state index contributed by atoms with van der Waals surface area (Å²) in [4.78, 5) is 29.8. The van der Waals surface area contributed by atoms with E-state index < -0.39 is 21.2 Å². The van der Waals surface area contributed by atoms with E-state index in [0.29, 0.717) is 39.1 Å². The number of carbonyl (C=O) groups is 2. The van der Waals surface area contributed by atoms with E-state index in [1.54, 1.807) is 12.0 Å². The van der Waals surface area contributed by atoms with Crippen LogP contribution in [0.5, 0.6) is 0 Å². The molecule has 11 heteroatoms. The predicted molar refractivity (Wildman–Crippen MR) is 114 cm³/mol. The Morgan fingerprint density at radius 3 is 2.61 bits per heavy atom. The van der Waals surface area contributed by atoms with Crippen LogP contribution in [0.2, 0.25) is 0 Å². The van der Waals surface area contributed by atoms with Crippen LogP contribution in [0.25, 0.3) is 0 Å². The summed E-state index contributed by atoms with van der Waals surface area (Å²) in [5.41, 5.74) is 2.87. The Bertz CT molecular complexity index is 817. The molecule has 3 amide bonds. The smallest absolute Gasteiger partial charge is 0.327 e. The summed E-state index contributed by atoms with van der Waals surface area (Å²) in [6, 6.07) is -0.540. The van der Waals surface area contributed by atoms with Gasteiger partial charge in [0.15, 0.2) is 0 Å². The summed E-state index contributed by atoms with van der Waals surface area (Å²) >= 11 is 0. The Balaban J connectivity index is 1.53. The number of rotatable bonds is 8. The minimum absolute atomic E-state index is 0.151. The van der Waals surface area contributed by atoms with Crippen molar-refractivity contribution in [3.8, 4) is 0 Å². The third-order valence-corrected chi connectivity index (χ3v) is 9.30. The van der Waals surface area contributed by atoms with Crippen LogP contribution < -0.4 is 10.1 Å². The van der Waals surface area contributed by atoms with Crippen LogP contribution in [0, 0.1) is 11.8 Å². The maximum atomic E-state index is 13.4. The van der Waals surface area contributed by atoms with E-state index in [4.69, 9.17) is 4.74 Å². The van der Waals surface area contributed by atoms with E-state index >= 15 is 0 Å². The molecule has 2 saturated carbocycles. The number of sulfonamides is 1. The largest absolute Gasteiger partial charge is 0.383 e. The summed E-state index contributed by atoms with van der Waals surface area (Å²) in [7, 11) is 0.00786. The second kappa shape index (κ2) is 8.58. The fraction of sp³-hybridized carbons (Fsp3) is 0.900. The van der Waals surface area contributed by atoms with Gasteiger partial charge in [0.1, 0.15) is 0 Å². The minimum Gasteiger partial charge on any atom is -0.383 e. The van der Waals surface area contributed by atoms with Crippen LogP contribution in [0.4, 0.5) is 4.79 Å². The monoisotopic (exact) mass is 457 g/mol. The quantitative estimate of drug-likeness (QED) is 0.527. The van der Waals surface area contributed by atoms with Crippen LogP contribution in [0.15, 0.2) is 0 Å². The van der Waals surface area contributed by atoms with Crippen LogP contribution >= 0.6 is 0 Å². The lowest BCUT2D eigenvalue weighted by Gasteiger charge is -2.48. The van der Waals surface area contributed by atoms with Crippen molar-refractivity contribution in [3.63, 3.8) is 0 Å². The molecule has 4 rings (SSSR count). The first-order chi connectivity index (χ1) is 14.6. The number of ether oxygens (including phenoxy) is 1. The summed E-state index contributed by atoms with van der Waals surface area (Å²) in [6.07, 6.45) is 2.91. The Morgan fingerprint density at radius 1 is 1.26 bits per heavy atom. The lowest BCUT2D eigenvalue weighted by Crippen LogP contribution is -2.65. The van der Waals surface area contributed by atoms with Crippen molar-refractivity contribution < 1.29 is 22.7 Å². The number of nitrogens with one attached hydrogen (secondary N) is 2. The molecule has 0 spiro atoms. The number of urea groups is 1. The molecular weight excluding hydrogens is 422 g/mol. The Hall–Kier alpha value is -1.27. The summed E-state index contributed by atoms with van der Waals surface area (Å²) in [6.45, 7) is 4.50. The number of nitrogens with zero attached hydrogens (tertiary/aromatic N) is 3. The van der Waals surface area contributed by atoms with Crippen molar-refractivity contribution in [1.82, 2.24) is 25.0 Å². The summed E-state index contributed by atoms with van der Waals surface area (Å²) in [5, 5.41) is 1.36. The van der Waals surface area contributed by atoms with Gasteiger partial charge in [-0.2, -0.15) is 0 Å². The standard InChI is InChI=1S/C20H35N5O5S/c1-20(6-7-20)22-31(28,29)15-4-5-17-16(10-15)18(26)25(13-14-11-21-23(2)12-14)19(27)24(17)8-9-30-3/h14-17,21-22H,4-13H2,1-3H3. The molecule has 0 radical (unpaired) electrons. The molecule has 4 aliphatic rings. The molecule has 2 saturated heterocycles. The van der Waals surface area contributed by atoms with Gasteiger partial charge in [0.25, 0.3) is 0 Å². The number of hydrogen-bond acceptors (Lipinski definition) is 7. The van der Waals surface area contributed by atoms with E-state index in [0.717, 1.165) is 19.4 Å². The van der Waals surface area contributed by atoms with Crippen molar-refractivity contribution >= 4 is 22.0 Å². The van der Waals surface area contributed by atoms with E-state index in [1.807, 2.05) is 19.0 Å². The number of amides is 3. The molecule has 2 aliphatic carbocycles. The number of methoxy groups -OCH3 is 1. The van der Waals surface area contributed by atoms with Gasteiger partial charge in [-0.05, 0) is 39.0 Å². The number of fused-ring (bicyclic) bond motifs is 1. The molecular formula is C20H35N5O5S. The number of hydrogen-bond donors (Lipinski definition) is 2. The van der Waals surface area contributed by atoms with E-state index in [-0.39, 0.29) is 35.9 Å². The summed E-state index contributed by atoms with van der Waals surface area (Å²) < 4.78 is 34.0. The highest BCUT2D eigenvalue weighted by atomic mass is 32.2. The van der Waals surface area contributed by atoms with E-state index in [9.17, 15) is 18.0 Å². The van der Waals surface area contributed by atoms with Gasteiger partial charge in [0.2, 0.25) is 15.9 Å². The van der Waals surface area contributed by atoms with E-state index in [2.05, 4.69) is 10.1 Å². The fourth-order valence-electron chi connectivity index (χ4n) is 5.14. The van der Waals surface area contributed by atoms with Crippen molar-refractivity contribution in [1.29, 1.82) is 0 Å². The molecule has 4 fully saturated rings. The third-order valence-electron chi connectivity index (χ3n) is 7.21. The Morgan fingerprint density at radius 2 is 2.00 bits per heavy atom. The predicted octanol–water partition coefficient (Wildman–Crippen LogP) is -0.0276. The first-order valence-electron chi connectivity index (χ1n) is 11.2. The molecule has 4 atom stereocenters. The van der Waals surface area contributed by atoms with Crippen LogP contribution in [-0.2, 0) is 19.6 Å². The maximum absolute atomic E-state index is 13.4. The molecule has 10 nitrogen and oxygen atoms in total. The van der Waals surface area contributed by atoms with Crippen LogP contribution in [-0.4, -0.2) is 98.9 Å². The normalized spacial score (nSPS) is 33.6. The molecule has 4 unspecified atom stereocenters. The highest BCUT2D eigenvalue weighted by molar-refractivity contribution is 7.90. The fourth-order valence-corrected chi connectivity index (χ4v) is 7.11. The second-order valence-corrected chi connectivity index (χ2v) is 11.8. The molecule has 0 aromatic carbocycles. The molecule has 2 N–H and O–H groups in total. The highest BCUT2D eigenvalue weighted by Crippen LogP contribution is 2.40. The average Bonchev–Trinajstić information content (AvgIpc) is 3.28. The molecule has 31 heavy (non-hydrogen) atoms. The first kappa shape index (κ1) is 22.9. The topological polar surface area (TPSA) is 111 Å². The second-order valence-electron chi connectivity index (χ2n) is 9.84. The van der Waals surface area contributed by atoms with Gasteiger partial charge in [-0.25, -0.2) is 22.9 Å². The minimum atomic E-state index is -3.51. The zero-order valence-corrected chi connectivity index (χ0v) is 19.5. The molecule has 0 bridgehead atoms. The summed E-state index contributed by atoms with van der Waals surface area (Å²) in [5.74, 6) is -0.571. The molecule has 2 aliphatic heterocycles. The average molecular weight is 458 g/mol. The lowest BCUT2D eigenvalue weighted by molar-refractivity contribution is -0.141. The van der Waals surface area contributed by atoms with Gasteiger partial charge in [0, 0.05) is 57.8 Å². The maximum Gasteiger partial charge on any atom is 0.327 e. The van der Waals surface area contributed by atoms with Gasteiger partial charge in [-0.3, -0.25) is 15.1 Å². The highest BCUT2D eigenvalue weighted by Gasteiger charge is 2.52. The van der Waals surface area contributed by atoms with E-state index in [1.165, 1.54) is 4.90 Å². The number of hydrazine groups is 1. The molecule has 0 aromatic rings. The number of imide groups is 1. The van der Waals surface area contributed by atoms with Gasteiger partial charge in [-0.15, -0.1) is 0 Å². The zero-order chi connectivity index (χ0) is 22.4. The molecule has 176 valence electrons.